The monoisotopic (exact) mass is 446 g/mol. The summed E-state index contributed by atoms with van der Waals surface area (Å²) in [5, 5.41) is 21.1. The number of carbonyl (C=O) groups excluding carboxylic acids is 1. The number of aromatic hydroxyl groups is 1. The minimum absolute atomic E-state index is 0.183. The van der Waals surface area contributed by atoms with E-state index >= 15 is 0 Å². The number of phenolic OH excluding ortho intramolecular Hbond substituents is 1. The van der Waals surface area contributed by atoms with Crippen molar-refractivity contribution in [3.63, 3.8) is 0 Å². The van der Waals surface area contributed by atoms with E-state index in [1.54, 1.807) is 25.1 Å². The molecule has 4 rings (SSSR count). The Morgan fingerprint density at radius 2 is 1.81 bits per heavy atom. The van der Waals surface area contributed by atoms with Gasteiger partial charge in [0.2, 0.25) is 0 Å². The number of hydrogen-bond acceptors (Lipinski definition) is 6. The van der Waals surface area contributed by atoms with Gasteiger partial charge < -0.3 is 19.7 Å². The molecule has 1 aromatic heterocycles. The van der Waals surface area contributed by atoms with Crippen molar-refractivity contribution in [3.05, 3.63) is 83.9 Å². The molecule has 32 heavy (non-hydrogen) atoms. The first kappa shape index (κ1) is 21.6. The highest BCUT2D eigenvalue weighted by atomic mass is 32.1. The number of aliphatic hydroxyl groups excluding tert-OH is 1. The second-order valence-electron chi connectivity index (χ2n) is 7.23. The highest BCUT2D eigenvalue weighted by Gasteiger charge is 2.20. The van der Waals surface area contributed by atoms with Crippen LogP contribution in [0.3, 0.4) is 0 Å². The molecule has 1 heterocycles. The minimum atomic E-state index is -0.640. The maximum absolute atomic E-state index is 11.3. The molecule has 0 saturated heterocycles. The van der Waals surface area contributed by atoms with E-state index in [2.05, 4.69) is 4.74 Å². The van der Waals surface area contributed by atoms with Gasteiger partial charge in [-0.05, 0) is 54.5 Å². The minimum Gasteiger partial charge on any atom is -0.508 e. The molecule has 0 aliphatic heterocycles. The van der Waals surface area contributed by atoms with E-state index < -0.39 is 12.1 Å². The van der Waals surface area contributed by atoms with Crippen LogP contribution in [0.2, 0.25) is 0 Å². The zero-order valence-electron chi connectivity index (χ0n) is 17.6. The van der Waals surface area contributed by atoms with Gasteiger partial charge in [0, 0.05) is 21.7 Å². The number of carbonyl (C=O) groups is 1. The van der Waals surface area contributed by atoms with Crippen molar-refractivity contribution in [1.29, 1.82) is 0 Å². The van der Waals surface area contributed by atoms with Gasteiger partial charge in [0.05, 0.1) is 18.1 Å². The van der Waals surface area contributed by atoms with Gasteiger partial charge >= 0.3 is 5.97 Å². The smallest absolute Gasteiger partial charge is 0.330 e. The summed E-state index contributed by atoms with van der Waals surface area (Å²) in [6.07, 6.45) is 2.39. The largest absolute Gasteiger partial charge is 0.508 e. The van der Waals surface area contributed by atoms with Gasteiger partial charge in [-0.25, -0.2) is 4.79 Å². The summed E-state index contributed by atoms with van der Waals surface area (Å²) < 4.78 is 11.8. The zero-order chi connectivity index (χ0) is 22.7. The molecule has 0 aliphatic rings. The number of hydrogen-bond donors (Lipinski definition) is 2. The first-order valence-corrected chi connectivity index (χ1v) is 10.8. The van der Waals surface area contributed by atoms with E-state index in [9.17, 15) is 15.0 Å². The van der Waals surface area contributed by atoms with E-state index in [1.807, 2.05) is 54.6 Å². The second-order valence-corrected chi connectivity index (χ2v) is 8.28. The standard InChI is InChI=1S/C26H22O5S/c1-16(27)20-5-3-4-6-21(20)26-25(22-13-10-18(28)15-23(22)32-26)31-19-11-7-17(8-12-19)9-14-24(29)30-2/h3-16,27-28H,1-2H3. The fourth-order valence-electron chi connectivity index (χ4n) is 3.41. The van der Waals surface area contributed by atoms with E-state index in [1.165, 1.54) is 24.5 Å². The average molecular weight is 447 g/mol. The van der Waals surface area contributed by atoms with E-state index in [-0.39, 0.29) is 5.75 Å². The van der Waals surface area contributed by atoms with Crippen molar-refractivity contribution in [2.75, 3.05) is 7.11 Å². The maximum Gasteiger partial charge on any atom is 0.330 e. The van der Waals surface area contributed by atoms with Crippen LogP contribution in [0.4, 0.5) is 0 Å². The molecular weight excluding hydrogens is 424 g/mol. The molecule has 0 radical (unpaired) electrons. The third-order valence-electron chi connectivity index (χ3n) is 5.00. The van der Waals surface area contributed by atoms with E-state index in [4.69, 9.17) is 4.74 Å². The predicted molar refractivity (Wildman–Crippen MR) is 127 cm³/mol. The van der Waals surface area contributed by atoms with Crippen molar-refractivity contribution in [2.24, 2.45) is 0 Å². The topological polar surface area (TPSA) is 76.0 Å². The highest BCUT2D eigenvalue weighted by Crippen LogP contribution is 2.48. The molecular formula is C26H22O5S. The van der Waals surface area contributed by atoms with Crippen LogP contribution in [-0.4, -0.2) is 23.3 Å². The summed E-state index contributed by atoms with van der Waals surface area (Å²) in [5.41, 5.74) is 2.52. The lowest BCUT2D eigenvalue weighted by atomic mass is 10.0. The highest BCUT2D eigenvalue weighted by molar-refractivity contribution is 7.22. The quantitative estimate of drug-likeness (QED) is 0.268. The summed E-state index contributed by atoms with van der Waals surface area (Å²) >= 11 is 1.50. The third kappa shape index (κ3) is 4.51. The summed E-state index contributed by atoms with van der Waals surface area (Å²) in [5.74, 6) is 1.06. The van der Waals surface area contributed by atoms with Crippen LogP contribution in [0.15, 0.2) is 72.8 Å². The Hall–Kier alpha value is -3.61. The van der Waals surface area contributed by atoms with Crippen molar-refractivity contribution >= 4 is 33.5 Å². The molecule has 2 N–H and O–H groups in total. The number of fused-ring (bicyclic) bond motifs is 1. The van der Waals surface area contributed by atoms with Crippen LogP contribution in [0.25, 0.3) is 26.6 Å². The number of esters is 1. The Labute approximate surface area is 189 Å². The molecule has 0 saturated carbocycles. The fraction of sp³-hybridized carbons (Fsp3) is 0.115. The number of methoxy groups -OCH3 is 1. The number of phenols is 1. The van der Waals surface area contributed by atoms with Gasteiger partial charge in [0.15, 0.2) is 5.75 Å². The van der Waals surface area contributed by atoms with Gasteiger partial charge in [-0.2, -0.15) is 0 Å². The SMILES string of the molecule is COC(=O)C=Cc1ccc(Oc2c(-c3ccccc3C(C)O)sc3cc(O)ccc23)cc1. The molecule has 1 atom stereocenters. The lowest BCUT2D eigenvalue weighted by Gasteiger charge is -2.13. The maximum atomic E-state index is 11.3. The van der Waals surface area contributed by atoms with Gasteiger partial charge in [0.25, 0.3) is 0 Å². The molecule has 0 fully saturated rings. The Morgan fingerprint density at radius 1 is 1.06 bits per heavy atom. The summed E-state index contributed by atoms with van der Waals surface area (Å²) in [7, 11) is 1.34. The van der Waals surface area contributed by atoms with E-state index in [0.717, 1.165) is 31.7 Å². The molecule has 162 valence electrons. The van der Waals surface area contributed by atoms with Crippen molar-refractivity contribution in [3.8, 4) is 27.7 Å². The molecule has 3 aromatic carbocycles. The number of ether oxygens (including phenoxy) is 2. The number of aliphatic hydroxyl groups is 1. The Morgan fingerprint density at radius 3 is 2.53 bits per heavy atom. The molecule has 4 aromatic rings. The predicted octanol–water partition coefficient (Wildman–Crippen LogP) is 6.31. The van der Waals surface area contributed by atoms with Crippen LogP contribution in [-0.2, 0) is 9.53 Å². The molecule has 1 unspecified atom stereocenters. The lowest BCUT2D eigenvalue weighted by Crippen LogP contribution is -1.95. The molecule has 0 amide bonds. The first-order valence-electron chi connectivity index (χ1n) is 10.0. The van der Waals surface area contributed by atoms with E-state index in [0.29, 0.717) is 11.5 Å². The second kappa shape index (κ2) is 9.26. The third-order valence-corrected chi connectivity index (χ3v) is 6.16. The summed E-state index contributed by atoms with van der Waals surface area (Å²) in [6, 6.07) is 20.2. The van der Waals surface area contributed by atoms with Crippen LogP contribution in [0.5, 0.6) is 17.2 Å². The fourth-order valence-corrected chi connectivity index (χ4v) is 4.62. The molecule has 0 aliphatic carbocycles. The zero-order valence-corrected chi connectivity index (χ0v) is 18.4. The summed E-state index contributed by atoms with van der Waals surface area (Å²) in [6.45, 7) is 1.74. The van der Waals surface area contributed by atoms with Crippen molar-refractivity contribution in [1.82, 2.24) is 0 Å². The van der Waals surface area contributed by atoms with Gasteiger partial charge in [-0.1, -0.05) is 36.4 Å². The van der Waals surface area contributed by atoms with Crippen LogP contribution < -0.4 is 4.74 Å². The molecule has 6 heteroatoms. The Kier molecular flexibility index (Phi) is 6.25. The Balaban J connectivity index is 1.76. The average Bonchev–Trinajstić information content (AvgIpc) is 3.15. The molecule has 5 nitrogen and oxygen atoms in total. The van der Waals surface area contributed by atoms with Gasteiger partial charge in [-0.15, -0.1) is 11.3 Å². The molecule has 0 spiro atoms. The van der Waals surface area contributed by atoms with Gasteiger partial charge in [0.1, 0.15) is 11.5 Å². The van der Waals surface area contributed by atoms with Crippen LogP contribution >= 0.6 is 11.3 Å². The van der Waals surface area contributed by atoms with Crippen LogP contribution in [0, 0.1) is 0 Å². The van der Waals surface area contributed by atoms with Crippen molar-refractivity contribution < 1.29 is 24.5 Å². The number of rotatable bonds is 6. The molecule has 0 bridgehead atoms. The number of thiophene rings is 1. The number of benzene rings is 3. The van der Waals surface area contributed by atoms with Crippen LogP contribution in [0.1, 0.15) is 24.2 Å². The Bertz CT molecular complexity index is 1290. The van der Waals surface area contributed by atoms with Gasteiger partial charge in [-0.3, -0.25) is 0 Å². The summed E-state index contributed by atoms with van der Waals surface area (Å²) in [4.78, 5) is 12.2. The lowest BCUT2D eigenvalue weighted by molar-refractivity contribution is -0.134. The van der Waals surface area contributed by atoms with Crippen molar-refractivity contribution in [2.45, 2.75) is 13.0 Å². The normalized spacial score (nSPS) is 12.2. The first-order chi connectivity index (χ1) is 15.5.